The van der Waals surface area contributed by atoms with Crippen molar-refractivity contribution >= 4 is 46.4 Å². The predicted octanol–water partition coefficient (Wildman–Crippen LogP) is 4.31. The van der Waals surface area contributed by atoms with Crippen molar-refractivity contribution in [2.75, 3.05) is 6.61 Å². The van der Waals surface area contributed by atoms with Gasteiger partial charge in [-0.1, -0.05) is 65.1 Å². The highest BCUT2D eigenvalue weighted by Gasteiger charge is 2.32. The fourth-order valence-electron chi connectivity index (χ4n) is 1.14. The Morgan fingerprint density at radius 3 is 2.53 bits per heavy atom. The quantitative estimate of drug-likeness (QED) is 0.662. The molecule has 0 aromatic heterocycles. The Bertz CT molecular complexity index is 401. The van der Waals surface area contributed by atoms with Crippen LogP contribution in [-0.2, 0) is 0 Å². The number of benzene rings is 1. The van der Waals surface area contributed by atoms with Crippen molar-refractivity contribution in [2.24, 2.45) is 0 Å². The van der Waals surface area contributed by atoms with Gasteiger partial charge in [0.15, 0.2) is 0 Å². The third-order valence-corrected chi connectivity index (χ3v) is 2.85. The molecule has 0 saturated heterocycles. The minimum atomic E-state index is -1.80. The first-order chi connectivity index (χ1) is 7.86. The van der Waals surface area contributed by atoms with Gasteiger partial charge in [0.25, 0.3) is 0 Å². The first-order valence-corrected chi connectivity index (χ1v) is 6.15. The highest BCUT2D eigenvalue weighted by molar-refractivity contribution is 6.68. The minimum absolute atomic E-state index is 0.331. The molecule has 94 valence electrons. The maximum Gasteiger partial charge on any atom is 0.220 e. The maximum absolute atomic E-state index is 9.74. The third-order valence-electron chi connectivity index (χ3n) is 1.94. The Balaban J connectivity index is 2.92. The number of alkyl halides is 3. The number of rotatable bonds is 4. The second kappa shape index (κ2) is 6.17. The van der Waals surface area contributed by atoms with E-state index in [1.807, 2.05) is 0 Å². The molecule has 1 unspecified atom stereocenters. The molecule has 1 atom stereocenters. The second-order valence-electron chi connectivity index (χ2n) is 3.23. The molecule has 0 saturated carbocycles. The standard InChI is InChI=1S/C11H10Cl4O2/c1-2-5-17-9-4-3-7(6-8(9)12)10(16)11(13,14)15/h2-4,6,10,16H,1,5H2. The highest BCUT2D eigenvalue weighted by atomic mass is 35.6. The van der Waals surface area contributed by atoms with Crippen molar-refractivity contribution in [3.05, 3.63) is 41.4 Å². The summed E-state index contributed by atoms with van der Waals surface area (Å²) in [5, 5.41) is 10.1. The zero-order valence-electron chi connectivity index (χ0n) is 8.67. The predicted molar refractivity (Wildman–Crippen MR) is 72.4 cm³/mol. The summed E-state index contributed by atoms with van der Waals surface area (Å²) in [6.45, 7) is 3.86. The molecule has 0 fully saturated rings. The normalized spacial score (nSPS) is 13.2. The van der Waals surface area contributed by atoms with Crippen LogP contribution in [0.4, 0.5) is 0 Å². The average molecular weight is 316 g/mol. The summed E-state index contributed by atoms with van der Waals surface area (Å²) in [6.07, 6.45) is 0.346. The van der Waals surface area contributed by atoms with Crippen LogP contribution in [0.3, 0.4) is 0 Å². The molecule has 0 spiro atoms. The molecule has 0 heterocycles. The SMILES string of the molecule is C=CCOc1ccc(C(O)C(Cl)(Cl)Cl)cc1Cl. The molecule has 0 amide bonds. The monoisotopic (exact) mass is 314 g/mol. The molecule has 17 heavy (non-hydrogen) atoms. The number of aliphatic hydroxyl groups excluding tert-OH is 1. The molecule has 6 heteroatoms. The Morgan fingerprint density at radius 2 is 2.06 bits per heavy atom. The summed E-state index contributed by atoms with van der Waals surface area (Å²) >= 11 is 22.7. The Hall–Kier alpha value is -0.120. The molecule has 0 aliphatic rings. The van der Waals surface area contributed by atoms with Crippen LogP contribution in [0.25, 0.3) is 0 Å². The van der Waals surface area contributed by atoms with E-state index >= 15 is 0 Å². The summed E-state index contributed by atoms with van der Waals surface area (Å²) in [7, 11) is 0. The van der Waals surface area contributed by atoms with Gasteiger partial charge in [-0.05, 0) is 17.7 Å². The molecule has 2 nitrogen and oxygen atoms in total. The summed E-state index contributed by atoms with van der Waals surface area (Å²) in [5.41, 5.74) is 0.404. The van der Waals surface area contributed by atoms with Crippen molar-refractivity contribution < 1.29 is 9.84 Å². The Kier molecular flexibility index (Phi) is 5.42. The average Bonchev–Trinajstić information content (AvgIpc) is 2.25. The first kappa shape index (κ1) is 14.9. The number of hydrogen-bond acceptors (Lipinski definition) is 2. The van der Waals surface area contributed by atoms with Crippen molar-refractivity contribution in [1.29, 1.82) is 0 Å². The summed E-state index contributed by atoms with van der Waals surface area (Å²) in [4.78, 5) is 0. The zero-order chi connectivity index (χ0) is 13.1. The molecule has 1 aromatic carbocycles. The fraction of sp³-hybridized carbons (Fsp3) is 0.273. The fourth-order valence-corrected chi connectivity index (χ4v) is 1.76. The van der Waals surface area contributed by atoms with Crippen LogP contribution < -0.4 is 4.74 Å². The van der Waals surface area contributed by atoms with Gasteiger partial charge >= 0.3 is 0 Å². The lowest BCUT2D eigenvalue weighted by molar-refractivity contribution is 0.182. The van der Waals surface area contributed by atoms with Crippen LogP contribution in [0.15, 0.2) is 30.9 Å². The Labute approximate surface area is 120 Å². The lowest BCUT2D eigenvalue weighted by Crippen LogP contribution is -2.16. The number of aliphatic hydroxyl groups is 1. The van der Waals surface area contributed by atoms with E-state index < -0.39 is 9.90 Å². The molecule has 0 aliphatic carbocycles. The molecule has 0 aliphatic heterocycles. The van der Waals surface area contributed by atoms with Gasteiger partial charge in [0.05, 0.1) is 5.02 Å². The zero-order valence-corrected chi connectivity index (χ0v) is 11.7. The van der Waals surface area contributed by atoms with Crippen LogP contribution in [0.2, 0.25) is 5.02 Å². The van der Waals surface area contributed by atoms with E-state index in [1.54, 1.807) is 18.2 Å². The van der Waals surface area contributed by atoms with Crippen molar-refractivity contribution in [3.63, 3.8) is 0 Å². The highest BCUT2D eigenvalue weighted by Crippen LogP contribution is 2.41. The van der Waals surface area contributed by atoms with Crippen LogP contribution in [-0.4, -0.2) is 15.5 Å². The van der Waals surface area contributed by atoms with Crippen molar-refractivity contribution in [3.8, 4) is 5.75 Å². The minimum Gasteiger partial charge on any atom is -0.488 e. The smallest absolute Gasteiger partial charge is 0.220 e. The van der Waals surface area contributed by atoms with Gasteiger partial charge in [-0.25, -0.2) is 0 Å². The molecule has 1 N–H and O–H groups in total. The summed E-state index contributed by atoms with van der Waals surface area (Å²) in [5.74, 6) is 0.479. The molecule has 0 bridgehead atoms. The van der Waals surface area contributed by atoms with Crippen molar-refractivity contribution in [1.82, 2.24) is 0 Å². The van der Waals surface area contributed by atoms with Gasteiger partial charge in [0.1, 0.15) is 18.5 Å². The molecular weight excluding hydrogens is 306 g/mol. The van der Waals surface area contributed by atoms with Gasteiger partial charge < -0.3 is 9.84 Å². The third kappa shape index (κ3) is 4.23. The van der Waals surface area contributed by atoms with E-state index in [2.05, 4.69) is 6.58 Å². The van der Waals surface area contributed by atoms with E-state index in [9.17, 15) is 5.11 Å². The molecule has 1 rings (SSSR count). The van der Waals surface area contributed by atoms with Gasteiger partial charge in [0.2, 0.25) is 3.79 Å². The molecule has 1 aromatic rings. The van der Waals surface area contributed by atoms with E-state index in [0.29, 0.717) is 22.9 Å². The van der Waals surface area contributed by atoms with Crippen LogP contribution >= 0.6 is 46.4 Å². The van der Waals surface area contributed by atoms with Crippen LogP contribution in [0.5, 0.6) is 5.75 Å². The lowest BCUT2D eigenvalue weighted by atomic mass is 10.1. The van der Waals surface area contributed by atoms with Gasteiger partial charge in [-0.3, -0.25) is 0 Å². The Morgan fingerprint density at radius 1 is 1.41 bits per heavy atom. The van der Waals surface area contributed by atoms with Gasteiger partial charge in [0, 0.05) is 0 Å². The summed E-state index contributed by atoms with van der Waals surface area (Å²) in [6, 6.07) is 4.67. The second-order valence-corrected chi connectivity index (χ2v) is 6.01. The van der Waals surface area contributed by atoms with Gasteiger partial charge in [-0.2, -0.15) is 0 Å². The largest absolute Gasteiger partial charge is 0.488 e. The van der Waals surface area contributed by atoms with Crippen LogP contribution in [0, 0.1) is 0 Å². The lowest BCUT2D eigenvalue weighted by Gasteiger charge is -2.19. The number of ether oxygens (including phenoxy) is 1. The summed E-state index contributed by atoms with van der Waals surface area (Å²) < 4.78 is 3.48. The van der Waals surface area contributed by atoms with Gasteiger partial charge in [-0.15, -0.1) is 0 Å². The van der Waals surface area contributed by atoms with E-state index in [1.165, 1.54) is 6.07 Å². The van der Waals surface area contributed by atoms with E-state index in [-0.39, 0.29) is 0 Å². The molecular formula is C11H10Cl4O2. The topological polar surface area (TPSA) is 29.5 Å². The molecule has 0 radical (unpaired) electrons. The first-order valence-electron chi connectivity index (χ1n) is 4.64. The number of hydrogen-bond donors (Lipinski definition) is 1. The van der Waals surface area contributed by atoms with Crippen LogP contribution in [0.1, 0.15) is 11.7 Å². The van der Waals surface area contributed by atoms with Crippen molar-refractivity contribution in [2.45, 2.75) is 9.90 Å². The number of halogens is 4. The van der Waals surface area contributed by atoms with E-state index in [0.717, 1.165) is 0 Å². The van der Waals surface area contributed by atoms with E-state index in [4.69, 9.17) is 51.1 Å². The maximum atomic E-state index is 9.74.